The van der Waals surface area contributed by atoms with Crippen molar-refractivity contribution in [3.8, 4) is 0 Å². The number of rotatable bonds is 0. The Hall–Kier alpha value is -2.94. The van der Waals surface area contributed by atoms with Gasteiger partial charge in [0.25, 0.3) is 5.65 Å². The van der Waals surface area contributed by atoms with Gasteiger partial charge in [-0.2, -0.15) is 8.80 Å². The van der Waals surface area contributed by atoms with Gasteiger partial charge in [0.15, 0.2) is 5.52 Å². The summed E-state index contributed by atoms with van der Waals surface area (Å²) in [4.78, 5) is 0. The van der Waals surface area contributed by atoms with E-state index < -0.39 is 0 Å². The summed E-state index contributed by atoms with van der Waals surface area (Å²) in [6, 6.07) is 19.7. The SMILES string of the molecule is Cc1ccc2ccc3n4c(ccc5cc(F)ccc54)c[n+]3c2c1. The summed E-state index contributed by atoms with van der Waals surface area (Å²) in [7, 11) is 0. The van der Waals surface area contributed by atoms with Crippen LogP contribution in [0.4, 0.5) is 4.39 Å². The van der Waals surface area contributed by atoms with Crippen LogP contribution in [-0.4, -0.2) is 4.40 Å². The van der Waals surface area contributed by atoms with Crippen LogP contribution in [0.5, 0.6) is 0 Å². The Bertz CT molecular complexity index is 1230. The summed E-state index contributed by atoms with van der Waals surface area (Å²) < 4.78 is 17.9. The third-order valence-corrected chi connectivity index (χ3v) is 4.52. The molecule has 5 rings (SSSR count). The Balaban J connectivity index is 2.05. The highest BCUT2D eigenvalue weighted by atomic mass is 19.1. The van der Waals surface area contributed by atoms with Gasteiger partial charge in [0.1, 0.15) is 23.0 Å². The van der Waals surface area contributed by atoms with E-state index >= 15 is 0 Å². The highest BCUT2D eigenvalue weighted by Gasteiger charge is 2.16. The molecule has 5 aromatic rings. The van der Waals surface area contributed by atoms with Gasteiger partial charge in [0.2, 0.25) is 0 Å². The molecule has 23 heavy (non-hydrogen) atoms. The molecule has 0 aliphatic heterocycles. The molecule has 0 N–H and O–H groups in total. The van der Waals surface area contributed by atoms with Crippen molar-refractivity contribution in [2.45, 2.75) is 6.92 Å². The molecule has 3 heteroatoms. The molecule has 0 bridgehead atoms. The predicted octanol–water partition coefficient (Wildman–Crippen LogP) is 4.43. The van der Waals surface area contributed by atoms with Crippen molar-refractivity contribution >= 4 is 33.0 Å². The second-order valence-electron chi connectivity index (χ2n) is 6.05. The molecular formula is C20H14FN2+. The Morgan fingerprint density at radius 2 is 1.70 bits per heavy atom. The van der Waals surface area contributed by atoms with E-state index in [0.29, 0.717) is 0 Å². The molecule has 110 valence electrons. The summed E-state index contributed by atoms with van der Waals surface area (Å²) in [6.07, 6.45) is 2.14. The summed E-state index contributed by atoms with van der Waals surface area (Å²) in [5.74, 6) is -0.206. The van der Waals surface area contributed by atoms with Crippen LogP contribution in [0.3, 0.4) is 0 Å². The number of hydrogen-bond donors (Lipinski definition) is 0. The first-order valence-corrected chi connectivity index (χ1v) is 7.65. The molecule has 0 atom stereocenters. The Morgan fingerprint density at radius 1 is 0.870 bits per heavy atom. The van der Waals surface area contributed by atoms with E-state index in [1.54, 1.807) is 6.07 Å². The number of nitrogens with zero attached hydrogens (tertiary/aromatic N) is 2. The van der Waals surface area contributed by atoms with Gasteiger partial charge < -0.3 is 0 Å². The van der Waals surface area contributed by atoms with Crippen LogP contribution in [0.1, 0.15) is 5.56 Å². The highest BCUT2D eigenvalue weighted by molar-refractivity contribution is 5.85. The number of halogens is 1. The van der Waals surface area contributed by atoms with Crippen LogP contribution in [0, 0.1) is 12.7 Å². The third-order valence-electron chi connectivity index (χ3n) is 4.52. The number of pyridine rings is 2. The van der Waals surface area contributed by atoms with Gasteiger partial charge >= 0.3 is 0 Å². The predicted molar refractivity (Wildman–Crippen MR) is 90.3 cm³/mol. The van der Waals surface area contributed by atoms with E-state index in [4.69, 9.17) is 0 Å². The first kappa shape index (κ1) is 12.6. The summed E-state index contributed by atoms with van der Waals surface area (Å²) >= 11 is 0. The van der Waals surface area contributed by atoms with Gasteiger partial charge in [-0.25, -0.2) is 4.39 Å². The van der Waals surface area contributed by atoms with Crippen molar-refractivity contribution in [2.24, 2.45) is 0 Å². The Morgan fingerprint density at radius 3 is 2.61 bits per heavy atom. The van der Waals surface area contributed by atoms with E-state index in [0.717, 1.165) is 22.1 Å². The molecule has 0 saturated carbocycles. The van der Waals surface area contributed by atoms with E-state index in [9.17, 15) is 4.39 Å². The zero-order chi connectivity index (χ0) is 15.6. The lowest BCUT2D eigenvalue weighted by molar-refractivity contribution is -0.479. The number of hydrogen-bond acceptors (Lipinski definition) is 0. The first-order chi connectivity index (χ1) is 11.2. The van der Waals surface area contributed by atoms with Crippen LogP contribution < -0.4 is 4.40 Å². The van der Waals surface area contributed by atoms with Crippen molar-refractivity contribution in [2.75, 3.05) is 0 Å². The fraction of sp³-hybridized carbons (Fsp3) is 0.0500. The van der Waals surface area contributed by atoms with E-state index in [1.165, 1.54) is 22.5 Å². The van der Waals surface area contributed by atoms with Gasteiger partial charge in [-0.15, -0.1) is 0 Å². The molecule has 0 unspecified atom stereocenters. The van der Waals surface area contributed by atoms with Crippen LogP contribution >= 0.6 is 0 Å². The molecular weight excluding hydrogens is 287 g/mol. The lowest BCUT2D eigenvalue weighted by Crippen LogP contribution is -2.19. The number of fused-ring (bicyclic) bond motifs is 7. The average molecular weight is 301 g/mol. The van der Waals surface area contributed by atoms with Crippen LogP contribution in [0.25, 0.3) is 33.0 Å². The van der Waals surface area contributed by atoms with E-state index in [1.807, 2.05) is 18.2 Å². The zero-order valence-electron chi connectivity index (χ0n) is 12.6. The molecule has 0 saturated heterocycles. The Kier molecular flexibility index (Phi) is 2.35. The molecule has 0 amide bonds. The minimum Gasteiger partial charge on any atom is -0.207 e. The maximum absolute atomic E-state index is 13.5. The first-order valence-electron chi connectivity index (χ1n) is 7.65. The summed E-state index contributed by atoms with van der Waals surface area (Å²) in [5.41, 5.74) is 5.60. The molecule has 3 aromatic heterocycles. The highest BCUT2D eigenvalue weighted by Crippen LogP contribution is 2.22. The summed E-state index contributed by atoms with van der Waals surface area (Å²) in [6.45, 7) is 2.10. The maximum Gasteiger partial charge on any atom is 0.292 e. The molecule has 0 fully saturated rings. The van der Waals surface area contributed by atoms with Gasteiger partial charge in [-0.3, -0.25) is 0 Å². The van der Waals surface area contributed by atoms with Gasteiger partial charge in [-0.05, 0) is 55.0 Å². The average Bonchev–Trinajstić information content (AvgIpc) is 2.94. The van der Waals surface area contributed by atoms with Crippen molar-refractivity contribution in [1.29, 1.82) is 0 Å². The normalized spacial score (nSPS) is 11.9. The van der Waals surface area contributed by atoms with Crippen molar-refractivity contribution in [1.82, 2.24) is 4.40 Å². The standard InChI is InChI=1S/C20H14FN2/c1-13-2-3-14-5-9-20-22(19(14)10-13)12-17-7-4-15-11-16(21)6-8-18(15)23(17)20/h2-12H,1H3/q+1. The fourth-order valence-corrected chi connectivity index (χ4v) is 3.43. The maximum atomic E-state index is 13.5. The second kappa shape index (κ2) is 4.29. The number of aromatic nitrogens is 2. The zero-order valence-corrected chi connectivity index (χ0v) is 12.6. The molecule has 2 aromatic carbocycles. The largest absolute Gasteiger partial charge is 0.292 e. The van der Waals surface area contributed by atoms with Crippen molar-refractivity contribution in [3.05, 3.63) is 78.2 Å². The second-order valence-corrected chi connectivity index (χ2v) is 6.05. The lowest BCUT2D eigenvalue weighted by atomic mass is 10.1. The number of benzene rings is 2. The molecule has 3 heterocycles. The molecule has 0 aliphatic rings. The minimum absolute atomic E-state index is 0.206. The summed E-state index contributed by atoms with van der Waals surface area (Å²) in [5, 5.41) is 2.11. The lowest BCUT2D eigenvalue weighted by Gasteiger charge is -2.00. The van der Waals surface area contributed by atoms with Crippen LogP contribution in [0.15, 0.2) is 66.9 Å². The van der Waals surface area contributed by atoms with Gasteiger partial charge in [-0.1, -0.05) is 12.1 Å². The van der Waals surface area contributed by atoms with E-state index in [2.05, 4.69) is 52.3 Å². The van der Waals surface area contributed by atoms with Gasteiger partial charge in [0, 0.05) is 16.8 Å². The van der Waals surface area contributed by atoms with Crippen molar-refractivity contribution < 1.29 is 8.79 Å². The molecule has 2 nitrogen and oxygen atoms in total. The topological polar surface area (TPSA) is 8.51 Å². The van der Waals surface area contributed by atoms with E-state index in [-0.39, 0.29) is 5.82 Å². The Labute approximate surface area is 132 Å². The number of imidazole rings is 1. The fourth-order valence-electron chi connectivity index (χ4n) is 3.43. The van der Waals surface area contributed by atoms with Gasteiger partial charge in [0.05, 0.1) is 0 Å². The minimum atomic E-state index is -0.206. The molecule has 0 spiro atoms. The number of aryl methyl sites for hydroxylation is 1. The monoisotopic (exact) mass is 301 g/mol. The van der Waals surface area contributed by atoms with Crippen LogP contribution in [-0.2, 0) is 0 Å². The molecule has 0 aliphatic carbocycles. The van der Waals surface area contributed by atoms with Crippen molar-refractivity contribution in [3.63, 3.8) is 0 Å². The quantitative estimate of drug-likeness (QED) is 0.374. The van der Waals surface area contributed by atoms with Crippen LogP contribution in [0.2, 0.25) is 0 Å². The third kappa shape index (κ3) is 1.70. The molecule has 0 radical (unpaired) electrons. The smallest absolute Gasteiger partial charge is 0.207 e.